The van der Waals surface area contributed by atoms with Gasteiger partial charge in [0.2, 0.25) is 5.91 Å². The van der Waals surface area contributed by atoms with E-state index in [-0.39, 0.29) is 12.3 Å². The molecule has 2 rings (SSSR count). The van der Waals surface area contributed by atoms with Crippen molar-refractivity contribution in [3.05, 3.63) is 58.3 Å². The van der Waals surface area contributed by atoms with Gasteiger partial charge in [0.05, 0.1) is 28.4 Å². The van der Waals surface area contributed by atoms with Crippen molar-refractivity contribution in [3.8, 4) is 0 Å². The van der Waals surface area contributed by atoms with Gasteiger partial charge in [-0.15, -0.1) is 0 Å². The molecule has 0 fully saturated rings. The Labute approximate surface area is 121 Å². The Hall–Kier alpha value is -1.58. The van der Waals surface area contributed by atoms with E-state index in [2.05, 4.69) is 4.98 Å². The standard InChI is InChI=1S/C14H12Cl2N2O/c1-18(11-5-3-7-17-9-11)13(19)8-10-4-2-6-12(15)14(10)16/h2-7,9H,8H2,1H3. The minimum atomic E-state index is -0.0721. The molecule has 0 unspecified atom stereocenters. The van der Waals surface area contributed by atoms with Crippen LogP contribution in [0.5, 0.6) is 0 Å². The molecule has 1 amide bonds. The van der Waals surface area contributed by atoms with Crippen LogP contribution in [0.25, 0.3) is 0 Å². The van der Waals surface area contributed by atoms with E-state index < -0.39 is 0 Å². The minimum absolute atomic E-state index is 0.0721. The first-order valence-corrected chi connectivity index (χ1v) is 6.44. The second kappa shape index (κ2) is 6.04. The average molecular weight is 295 g/mol. The van der Waals surface area contributed by atoms with Crippen molar-refractivity contribution in [2.75, 3.05) is 11.9 Å². The van der Waals surface area contributed by atoms with Gasteiger partial charge in [0.15, 0.2) is 0 Å². The van der Waals surface area contributed by atoms with Crippen LogP contribution in [0.15, 0.2) is 42.7 Å². The third-order valence-electron chi connectivity index (χ3n) is 2.78. The molecule has 0 N–H and O–H groups in total. The van der Waals surface area contributed by atoms with Crippen molar-refractivity contribution in [1.29, 1.82) is 0 Å². The van der Waals surface area contributed by atoms with Gasteiger partial charge in [0.25, 0.3) is 0 Å². The second-order valence-corrected chi connectivity index (χ2v) is 4.84. The maximum atomic E-state index is 12.2. The second-order valence-electron chi connectivity index (χ2n) is 4.05. The Bertz CT molecular complexity index is 587. The first kappa shape index (κ1) is 13.8. The molecule has 3 nitrogen and oxygen atoms in total. The quantitative estimate of drug-likeness (QED) is 0.867. The number of halogens is 2. The summed E-state index contributed by atoms with van der Waals surface area (Å²) in [6.45, 7) is 0. The molecule has 1 aromatic carbocycles. The lowest BCUT2D eigenvalue weighted by Gasteiger charge is -2.17. The molecule has 19 heavy (non-hydrogen) atoms. The summed E-state index contributed by atoms with van der Waals surface area (Å²) in [6, 6.07) is 8.88. The molecule has 0 aliphatic carbocycles. The molecule has 0 aliphatic heterocycles. The van der Waals surface area contributed by atoms with Crippen LogP contribution in [0.1, 0.15) is 5.56 Å². The van der Waals surface area contributed by atoms with Gasteiger partial charge in [-0.25, -0.2) is 0 Å². The van der Waals surface area contributed by atoms with Crippen LogP contribution in [0.3, 0.4) is 0 Å². The highest BCUT2D eigenvalue weighted by atomic mass is 35.5. The molecule has 98 valence electrons. The van der Waals surface area contributed by atoms with Crippen LogP contribution in [-0.2, 0) is 11.2 Å². The molecule has 5 heteroatoms. The van der Waals surface area contributed by atoms with Gasteiger partial charge in [0, 0.05) is 13.2 Å². The number of benzene rings is 1. The minimum Gasteiger partial charge on any atom is -0.314 e. The lowest BCUT2D eigenvalue weighted by Crippen LogP contribution is -2.28. The highest BCUT2D eigenvalue weighted by molar-refractivity contribution is 6.42. The van der Waals surface area contributed by atoms with E-state index in [1.165, 1.54) is 0 Å². The monoisotopic (exact) mass is 294 g/mol. The SMILES string of the molecule is CN(C(=O)Cc1cccc(Cl)c1Cl)c1cccnc1. The predicted octanol–water partition coefficient (Wildman–Crippen LogP) is 3.59. The maximum Gasteiger partial charge on any atom is 0.231 e. The van der Waals surface area contributed by atoms with Crippen molar-refractivity contribution in [1.82, 2.24) is 4.98 Å². The molecule has 0 spiro atoms. The van der Waals surface area contributed by atoms with Crippen molar-refractivity contribution >= 4 is 34.8 Å². The summed E-state index contributed by atoms with van der Waals surface area (Å²) >= 11 is 12.0. The van der Waals surface area contributed by atoms with Crippen LogP contribution < -0.4 is 4.90 Å². The summed E-state index contributed by atoms with van der Waals surface area (Å²) < 4.78 is 0. The lowest BCUT2D eigenvalue weighted by molar-refractivity contribution is -0.117. The average Bonchev–Trinajstić information content (AvgIpc) is 2.44. The Kier molecular flexibility index (Phi) is 4.40. The number of carbonyl (C=O) groups excluding carboxylic acids is 1. The van der Waals surface area contributed by atoms with Gasteiger partial charge < -0.3 is 4.90 Å². The smallest absolute Gasteiger partial charge is 0.231 e. The van der Waals surface area contributed by atoms with Crippen molar-refractivity contribution in [2.45, 2.75) is 6.42 Å². The molecule has 0 radical (unpaired) electrons. The molecule has 1 aromatic heterocycles. The number of hydrogen-bond acceptors (Lipinski definition) is 2. The topological polar surface area (TPSA) is 33.2 Å². The van der Waals surface area contributed by atoms with E-state index in [1.807, 2.05) is 6.07 Å². The summed E-state index contributed by atoms with van der Waals surface area (Å²) in [5.41, 5.74) is 1.46. The molecule has 0 saturated heterocycles. The zero-order valence-corrected chi connectivity index (χ0v) is 11.8. The molecule has 0 bridgehead atoms. The van der Waals surface area contributed by atoms with E-state index in [0.717, 1.165) is 11.3 Å². The van der Waals surface area contributed by atoms with Crippen LogP contribution in [0.2, 0.25) is 10.0 Å². The Morgan fingerprint density at radius 3 is 2.74 bits per heavy atom. The number of anilines is 1. The summed E-state index contributed by atoms with van der Waals surface area (Å²) in [4.78, 5) is 17.7. The van der Waals surface area contributed by atoms with Crippen molar-refractivity contribution in [2.24, 2.45) is 0 Å². The summed E-state index contributed by atoms with van der Waals surface area (Å²) in [5.74, 6) is -0.0721. The van der Waals surface area contributed by atoms with E-state index in [9.17, 15) is 4.79 Å². The Morgan fingerprint density at radius 2 is 2.05 bits per heavy atom. The molecule has 0 atom stereocenters. The van der Waals surface area contributed by atoms with Crippen molar-refractivity contribution in [3.63, 3.8) is 0 Å². The third kappa shape index (κ3) is 3.25. The van der Waals surface area contributed by atoms with Crippen molar-refractivity contribution < 1.29 is 4.79 Å². The summed E-state index contributed by atoms with van der Waals surface area (Å²) in [7, 11) is 1.71. The van der Waals surface area contributed by atoms with E-state index in [4.69, 9.17) is 23.2 Å². The van der Waals surface area contributed by atoms with Crippen LogP contribution in [0, 0.1) is 0 Å². The number of rotatable bonds is 3. The summed E-state index contributed by atoms with van der Waals surface area (Å²) in [5, 5.41) is 0.883. The summed E-state index contributed by atoms with van der Waals surface area (Å²) in [6.07, 6.45) is 3.50. The number of hydrogen-bond donors (Lipinski definition) is 0. The van der Waals surface area contributed by atoms with Gasteiger partial charge in [-0.2, -0.15) is 0 Å². The number of likely N-dealkylation sites (N-methyl/N-ethyl adjacent to an activating group) is 1. The zero-order chi connectivity index (χ0) is 13.8. The first-order chi connectivity index (χ1) is 9.09. The normalized spacial score (nSPS) is 10.3. The van der Waals surface area contributed by atoms with E-state index in [0.29, 0.717) is 10.0 Å². The molecule has 0 saturated carbocycles. The molecule has 0 aliphatic rings. The third-order valence-corrected chi connectivity index (χ3v) is 3.64. The number of amides is 1. The maximum absolute atomic E-state index is 12.2. The first-order valence-electron chi connectivity index (χ1n) is 5.69. The lowest BCUT2D eigenvalue weighted by atomic mass is 10.1. The molecular formula is C14H12Cl2N2O. The fourth-order valence-electron chi connectivity index (χ4n) is 1.66. The van der Waals surface area contributed by atoms with Crippen LogP contribution in [-0.4, -0.2) is 17.9 Å². The van der Waals surface area contributed by atoms with Crippen LogP contribution >= 0.6 is 23.2 Å². The Morgan fingerprint density at radius 1 is 1.26 bits per heavy atom. The molecule has 1 heterocycles. The van der Waals surface area contributed by atoms with Gasteiger partial charge in [-0.05, 0) is 23.8 Å². The number of aromatic nitrogens is 1. The number of pyridine rings is 1. The van der Waals surface area contributed by atoms with Crippen LogP contribution in [0.4, 0.5) is 5.69 Å². The fourth-order valence-corrected chi connectivity index (χ4v) is 2.05. The number of carbonyl (C=O) groups is 1. The zero-order valence-electron chi connectivity index (χ0n) is 10.3. The van der Waals surface area contributed by atoms with E-state index >= 15 is 0 Å². The number of nitrogens with zero attached hydrogens (tertiary/aromatic N) is 2. The highest BCUT2D eigenvalue weighted by Crippen LogP contribution is 2.26. The predicted molar refractivity (Wildman–Crippen MR) is 77.8 cm³/mol. The van der Waals surface area contributed by atoms with Gasteiger partial charge in [0.1, 0.15) is 0 Å². The van der Waals surface area contributed by atoms with Gasteiger partial charge in [-0.1, -0.05) is 35.3 Å². The Balaban J connectivity index is 2.15. The van der Waals surface area contributed by atoms with Gasteiger partial charge in [-0.3, -0.25) is 9.78 Å². The van der Waals surface area contributed by atoms with Gasteiger partial charge >= 0.3 is 0 Å². The molecular weight excluding hydrogens is 283 g/mol. The highest BCUT2D eigenvalue weighted by Gasteiger charge is 2.14. The molecule has 2 aromatic rings. The fraction of sp³-hybridized carbons (Fsp3) is 0.143. The van der Waals surface area contributed by atoms with E-state index in [1.54, 1.807) is 48.6 Å². The largest absolute Gasteiger partial charge is 0.314 e.